The number of nitrogens with one attached hydrogen (secondary N) is 1. The van der Waals surface area contributed by atoms with Gasteiger partial charge in [-0.1, -0.05) is 11.6 Å². The van der Waals surface area contributed by atoms with Crippen LogP contribution in [0.3, 0.4) is 0 Å². The average Bonchev–Trinajstić information content (AvgIpc) is 3.22. The summed E-state index contributed by atoms with van der Waals surface area (Å²) in [6.07, 6.45) is 2.38. The molecule has 0 saturated carbocycles. The molecule has 7 nitrogen and oxygen atoms in total. The molecule has 2 aromatic rings. The number of nitrogens with zero attached hydrogens (tertiary/aromatic N) is 3. The maximum atomic E-state index is 13.1. The number of benzene rings is 1. The van der Waals surface area contributed by atoms with Crippen LogP contribution in [0.1, 0.15) is 23.3 Å². The average molecular weight is 413 g/mol. The minimum Gasteiger partial charge on any atom is -0.491 e. The first kappa shape index (κ1) is 20.2. The van der Waals surface area contributed by atoms with Crippen LogP contribution in [0.5, 0.6) is 5.75 Å². The first-order chi connectivity index (χ1) is 13.4. The Labute approximate surface area is 165 Å². The lowest BCUT2D eigenvalue weighted by Gasteiger charge is -2.16. The van der Waals surface area contributed by atoms with E-state index in [1.165, 1.54) is 12.3 Å². The zero-order valence-corrected chi connectivity index (χ0v) is 15.6. The van der Waals surface area contributed by atoms with Gasteiger partial charge in [-0.15, -0.1) is 0 Å². The van der Waals surface area contributed by atoms with Crippen LogP contribution in [-0.4, -0.2) is 53.3 Å². The number of rotatable bonds is 7. The predicted octanol–water partition coefficient (Wildman–Crippen LogP) is 2.18. The van der Waals surface area contributed by atoms with E-state index in [0.29, 0.717) is 5.95 Å². The lowest BCUT2D eigenvalue weighted by Crippen LogP contribution is -2.36. The van der Waals surface area contributed by atoms with E-state index in [1.54, 1.807) is 0 Å². The topological polar surface area (TPSA) is 87.6 Å². The van der Waals surface area contributed by atoms with Crippen LogP contribution in [0.2, 0.25) is 5.02 Å². The van der Waals surface area contributed by atoms with Crippen LogP contribution in [-0.2, 0) is 0 Å². The zero-order valence-electron chi connectivity index (χ0n) is 14.9. The number of aromatic nitrogens is 2. The van der Waals surface area contributed by atoms with Crippen molar-refractivity contribution in [2.75, 3.05) is 31.1 Å². The second-order valence-corrected chi connectivity index (χ2v) is 6.72. The number of hydrogen-bond donors (Lipinski definition) is 2. The fourth-order valence-electron chi connectivity index (χ4n) is 2.70. The third-order valence-electron chi connectivity index (χ3n) is 4.17. The van der Waals surface area contributed by atoms with E-state index in [1.807, 2.05) is 4.90 Å². The van der Waals surface area contributed by atoms with Crippen LogP contribution in [0, 0.1) is 11.6 Å². The molecule has 2 heterocycles. The number of hydrogen-bond acceptors (Lipinski definition) is 6. The highest BCUT2D eigenvalue weighted by molar-refractivity contribution is 6.33. The molecule has 10 heteroatoms. The molecule has 1 aliphatic rings. The molecule has 3 rings (SSSR count). The fraction of sp³-hybridized carbons (Fsp3) is 0.389. The molecule has 1 atom stereocenters. The molecular weight excluding hydrogens is 394 g/mol. The molecular formula is C18H19ClF2N4O3. The minimum absolute atomic E-state index is 0.0206. The predicted molar refractivity (Wildman–Crippen MR) is 98.7 cm³/mol. The van der Waals surface area contributed by atoms with Crippen LogP contribution >= 0.6 is 11.6 Å². The van der Waals surface area contributed by atoms with Gasteiger partial charge in [0.05, 0.1) is 11.2 Å². The second-order valence-electron chi connectivity index (χ2n) is 6.31. The van der Waals surface area contributed by atoms with Crippen LogP contribution < -0.4 is 15.0 Å². The van der Waals surface area contributed by atoms with Gasteiger partial charge in [-0.3, -0.25) is 4.79 Å². The van der Waals surface area contributed by atoms with Gasteiger partial charge in [0, 0.05) is 25.7 Å². The lowest BCUT2D eigenvalue weighted by molar-refractivity contribution is 0.0839. The fourth-order valence-corrected chi connectivity index (χ4v) is 2.88. The summed E-state index contributed by atoms with van der Waals surface area (Å²) < 4.78 is 31.2. The summed E-state index contributed by atoms with van der Waals surface area (Å²) >= 11 is 6.02. The molecule has 1 aromatic carbocycles. The van der Waals surface area contributed by atoms with Gasteiger partial charge in [0.1, 0.15) is 18.5 Å². The van der Waals surface area contributed by atoms with Crippen molar-refractivity contribution in [1.82, 2.24) is 15.3 Å². The van der Waals surface area contributed by atoms with E-state index in [9.17, 15) is 18.7 Å². The lowest BCUT2D eigenvalue weighted by atomic mass is 10.3. The number of carbonyl (C=O) groups is 1. The summed E-state index contributed by atoms with van der Waals surface area (Å²) in [5.41, 5.74) is 0.0206. The summed E-state index contributed by atoms with van der Waals surface area (Å²) in [6, 6.07) is 3.04. The number of amides is 1. The Hall–Kier alpha value is -2.52. The Kier molecular flexibility index (Phi) is 6.58. The van der Waals surface area contributed by atoms with E-state index in [-0.39, 0.29) is 29.6 Å². The summed E-state index contributed by atoms with van der Waals surface area (Å²) in [6.45, 7) is 1.29. The van der Waals surface area contributed by atoms with Crippen molar-refractivity contribution in [3.05, 3.63) is 46.7 Å². The Morgan fingerprint density at radius 3 is 2.79 bits per heavy atom. The molecule has 0 aliphatic carbocycles. The SMILES string of the molecule is O=C(NCC(O)COc1ccc(F)c(F)c1)c1nc(N2CCCC2)ncc1Cl. The van der Waals surface area contributed by atoms with E-state index in [0.717, 1.165) is 38.1 Å². The molecule has 2 N–H and O–H groups in total. The number of aliphatic hydroxyl groups excluding tert-OH is 1. The quantitative estimate of drug-likeness (QED) is 0.724. The van der Waals surface area contributed by atoms with E-state index in [4.69, 9.17) is 16.3 Å². The number of carbonyl (C=O) groups excluding carboxylic acids is 1. The van der Waals surface area contributed by atoms with Crippen molar-refractivity contribution in [2.45, 2.75) is 18.9 Å². The zero-order chi connectivity index (χ0) is 20.1. The van der Waals surface area contributed by atoms with E-state index in [2.05, 4.69) is 15.3 Å². The largest absolute Gasteiger partial charge is 0.491 e. The molecule has 28 heavy (non-hydrogen) atoms. The van der Waals surface area contributed by atoms with Gasteiger partial charge in [-0.05, 0) is 25.0 Å². The standard InChI is InChI=1S/C18H19ClF2N4O3/c19-13-9-23-18(25-5-1-2-6-25)24-16(13)17(27)22-8-11(26)10-28-12-3-4-14(20)15(21)7-12/h3-4,7,9,11,26H,1-2,5-6,8,10H2,(H,22,27). The van der Waals surface area contributed by atoms with Crippen LogP contribution in [0.15, 0.2) is 24.4 Å². The first-order valence-electron chi connectivity index (χ1n) is 8.75. The highest BCUT2D eigenvalue weighted by Crippen LogP contribution is 2.20. The molecule has 1 aliphatic heterocycles. The van der Waals surface area contributed by atoms with Gasteiger partial charge in [-0.2, -0.15) is 0 Å². The van der Waals surface area contributed by atoms with Crippen molar-refractivity contribution < 1.29 is 23.4 Å². The minimum atomic E-state index is -1.07. The van der Waals surface area contributed by atoms with Crippen LogP contribution in [0.4, 0.5) is 14.7 Å². The maximum absolute atomic E-state index is 13.1. The number of halogens is 3. The molecule has 1 aromatic heterocycles. The molecule has 0 radical (unpaired) electrons. The van der Waals surface area contributed by atoms with E-state index < -0.39 is 23.6 Å². The Morgan fingerprint density at radius 1 is 1.32 bits per heavy atom. The molecule has 0 bridgehead atoms. The van der Waals surface area contributed by atoms with Gasteiger partial charge in [0.2, 0.25) is 5.95 Å². The number of aliphatic hydroxyl groups is 1. The Morgan fingerprint density at radius 2 is 2.07 bits per heavy atom. The second kappa shape index (κ2) is 9.11. The molecule has 1 unspecified atom stereocenters. The van der Waals surface area contributed by atoms with Gasteiger partial charge in [-0.25, -0.2) is 18.7 Å². The molecule has 1 saturated heterocycles. The van der Waals surface area contributed by atoms with Gasteiger partial charge >= 0.3 is 0 Å². The summed E-state index contributed by atoms with van der Waals surface area (Å²) in [5.74, 6) is -2.09. The summed E-state index contributed by atoms with van der Waals surface area (Å²) in [4.78, 5) is 22.7. The van der Waals surface area contributed by atoms with Crippen LogP contribution in [0.25, 0.3) is 0 Å². The van der Waals surface area contributed by atoms with Gasteiger partial charge in [0.15, 0.2) is 17.3 Å². The van der Waals surface area contributed by atoms with Crippen molar-refractivity contribution in [2.24, 2.45) is 0 Å². The third-order valence-corrected chi connectivity index (χ3v) is 4.44. The van der Waals surface area contributed by atoms with Crippen molar-refractivity contribution in [3.63, 3.8) is 0 Å². The smallest absolute Gasteiger partial charge is 0.271 e. The normalized spacial score (nSPS) is 14.8. The summed E-state index contributed by atoms with van der Waals surface area (Å²) in [7, 11) is 0. The summed E-state index contributed by atoms with van der Waals surface area (Å²) in [5, 5.41) is 12.6. The number of anilines is 1. The monoisotopic (exact) mass is 412 g/mol. The molecule has 150 valence electrons. The van der Waals surface area contributed by atoms with Gasteiger partial charge in [0.25, 0.3) is 5.91 Å². The third kappa shape index (κ3) is 5.05. The number of ether oxygens (including phenoxy) is 1. The van der Waals surface area contributed by atoms with Crippen molar-refractivity contribution in [1.29, 1.82) is 0 Å². The highest BCUT2D eigenvalue weighted by Gasteiger charge is 2.20. The Bertz CT molecular complexity index is 850. The van der Waals surface area contributed by atoms with E-state index >= 15 is 0 Å². The molecule has 0 spiro atoms. The van der Waals surface area contributed by atoms with Crippen molar-refractivity contribution >= 4 is 23.5 Å². The van der Waals surface area contributed by atoms with Crippen molar-refractivity contribution in [3.8, 4) is 5.75 Å². The first-order valence-corrected chi connectivity index (χ1v) is 9.13. The molecule has 1 fully saturated rings. The highest BCUT2D eigenvalue weighted by atomic mass is 35.5. The van der Waals surface area contributed by atoms with Gasteiger partial charge < -0.3 is 20.1 Å². The molecule has 1 amide bonds. The maximum Gasteiger partial charge on any atom is 0.271 e. The Balaban J connectivity index is 1.53.